The average Bonchev–Trinajstić information content (AvgIpc) is 2.84. The number of nitriles is 1. The summed E-state index contributed by atoms with van der Waals surface area (Å²) in [6, 6.07) is 22.6. The molecule has 0 unspecified atom stereocenters. The third-order valence-corrected chi connectivity index (χ3v) is 5.98. The summed E-state index contributed by atoms with van der Waals surface area (Å²) in [4.78, 5) is 25.4. The predicted molar refractivity (Wildman–Crippen MR) is 137 cm³/mol. The molecule has 0 spiro atoms. The first kappa shape index (κ1) is 22.8. The van der Waals surface area contributed by atoms with Crippen LogP contribution < -0.4 is 16.2 Å². The van der Waals surface area contributed by atoms with Crippen LogP contribution in [-0.2, 0) is 12.5 Å². The first-order valence-corrected chi connectivity index (χ1v) is 11.0. The third kappa shape index (κ3) is 4.55. The molecular formula is C28H26N4O2. The Morgan fingerprint density at radius 1 is 1.00 bits per heavy atom. The van der Waals surface area contributed by atoms with Crippen molar-refractivity contribution in [3.8, 4) is 6.07 Å². The SMILES string of the molecule is Cc1ccc(NC(=O)c2cccc(C(C)(C)C#N)c2)cc1Nc1ccc2ccn(C)c(=O)c2c1. The molecule has 2 N–H and O–H groups in total. The van der Waals surface area contributed by atoms with Crippen molar-refractivity contribution in [1.29, 1.82) is 5.26 Å². The van der Waals surface area contributed by atoms with Gasteiger partial charge in [0.05, 0.1) is 11.5 Å². The van der Waals surface area contributed by atoms with Crippen molar-refractivity contribution in [2.45, 2.75) is 26.2 Å². The fourth-order valence-electron chi connectivity index (χ4n) is 3.72. The lowest BCUT2D eigenvalue weighted by Crippen LogP contribution is -2.17. The topological polar surface area (TPSA) is 86.9 Å². The Morgan fingerprint density at radius 2 is 1.76 bits per heavy atom. The number of hydrogen-bond donors (Lipinski definition) is 2. The Bertz CT molecular complexity index is 1510. The second-order valence-electron chi connectivity index (χ2n) is 8.96. The van der Waals surface area contributed by atoms with Crippen LogP contribution in [0.4, 0.5) is 17.1 Å². The summed E-state index contributed by atoms with van der Waals surface area (Å²) in [5, 5.41) is 17.2. The van der Waals surface area contributed by atoms with Crippen LogP contribution in [-0.4, -0.2) is 10.5 Å². The van der Waals surface area contributed by atoms with Gasteiger partial charge in [0.15, 0.2) is 0 Å². The van der Waals surface area contributed by atoms with Gasteiger partial charge in [-0.1, -0.05) is 24.3 Å². The predicted octanol–water partition coefficient (Wildman–Crippen LogP) is 5.64. The highest BCUT2D eigenvalue weighted by molar-refractivity contribution is 6.04. The molecule has 4 aromatic rings. The lowest BCUT2D eigenvalue weighted by Gasteiger charge is -2.17. The van der Waals surface area contributed by atoms with Crippen LogP contribution in [0.1, 0.15) is 35.3 Å². The molecule has 1 aromatic heterocycles. The Labute approximate surface area is 198 Å². The molecular weight excluding hydrogens is 424 g/mol. The maximum absolute atomic E-state index is 12.9. The van der Waals surface area contributed by atoms with Crippen LogP contribution in [0, 0.1) is 18.3 Å². The molecule has 0 radical (unpaired) electrons. The molecule has 0 bridgehead atoms. The molecule has 3 aromatic carbocycles. The molecule has 0 aliphatic heterocycles. The van der Waals surface area contributed by atoms with Crippen molar-refractivity contribution < 1.29 is 4.79 Å². The molecule has 0 saturated heterocycles. The highest BCUT2D eigenvalue weighted by Gasteiger charge is 2.21. The third-order valence-electron chi connectivity index (χ3n) is 5.98. The number of aromatic nitrogens is 1. The van der Waals surface area contributed by atoms with E-state index in [2.05, 4.69) is 16.7 Å². The fraction of sp³-hybridized carbons (Fsp3) is 0.179. The van der Waals surface area contributed by atoms with Crippen LogP contribution in [0.2, 0.25) is 0 Å². The van der Waals surface area contributed by atoms with Gasteiger partial charge in [-0.25, -0.2) is 0 Å². The zero-order valence-electron chi connectivity index (χ0n) is 19.6. The van der Waals surface area contributed by atoms with Crippen molar-refractivity contribution in [3.05, 3.63) is 100.0 Å². The zero-order chi connectivity index (χ0) is 24.5. The standard InChI is InChI=1S/C28H26N4O2/c1-18-8-10-23(31-26(33)20-6-5-7-21(14-20)28(2,3)17-29)16-25(18)30-22-11-9-19-12-13-32(4)27(34)24(19)15-22/h5-16,30H,1-4H3,(H,31,33). The van der Waals surface area contributed by atoms with Crippen LogP contribution in [0.25, 0.3) is 10.8 Å². The van der Waals surface area contributed by atoms with Gasteiger partial charge in [0.25, 0.3) is 11.5 Å². The van der Waals surface area contributed by atoms with Gasteiger partial charge in [-0.05, 0) is 79.7 Å². The maximum atomic E-state index is 12.9. The molecule has 0 atom stereocenters. The number of pyridine rings is 1. The average molecular weight is 451 g/mol. The number of nitrogens with zero attached hydrogens (tertiary/aromatic N) is 2. The van der Waals surface area contributed by atoms with E-state index in [1.165, 1.54) is 0 Å². The summed E-state index contributed by atoms with van der Waals surface area (Å²) < 4.78 is 1.56. The fourth-order valence-corrected chi connectivity index (χ4v) is 3.72. The van der Waals surface area contributed by atoms with E-state index >= 15 is 0 Å². The summed E-state index contributed by atoms with van der Waals surface area (Å²) in [7, 11) is 1.73. The van der Waals surface area contributed by atoms with E-state index in [1.807, 2.05) is 69.3 Å². The lowest BCUT2D eigenvalue weighted by atomic mass is 9.85. The molecule has 1 amide bonds. The molecule has 34 heavy (non-hydrogen) atoms. The van der Waals surface area contributed by atoms with E-state index < -0.39 is 5.41 Å². The van der Waals surface area contributed by atoms with Gasteiger partial charge in [0.1, 0.15) is 0 Å². The molecule has 0 aliphatic carbocycles. The largest absolute Gasteiger partial charge is 0.355 e. The van der Waals surface area contributed by atoms with Crippen molar-refractivity contribution >= 4 is 33.7 Å². The van der Waals surface area contributed by atoms with Gasteiger partial charge >= 0.3 is 0 Å². The lowest BCUT2D eigenvalue weighted by molar-refractivity contribution is 0.102. The van der Waals surface area contributed by atoms with Crippen molar-refractivity contribution in [1.82, 2.24) is 4.57 Å². The summed E-state index contributed by atoms with van der Waals surface area (Å²) in [6.45, 7) is 5.62. The molecule has 4 rings (SSSR count). The molecule has 1 heterocycles. The molecule has 170 valence electrons. The number of carbonyl (C=O) groups is 1. The number of aryl methyl sites for hydroxylation is 2. The number of anilines is 3. The first-order chi connectivity index (χ1) is 16.2. The summed E-state index contributed by atoms with van der Waals surface area (Å²) in [5.74, 6) is -0.250. The van der Waals surface area contributed by atoms with Crippen LogP contribution >= 0.6 is 0 Å². The van der Waals surface area contributed by atoms with Gasteiger partial charge < -0.3 is 15.2 Å². The smallest absolute Gasteiger partial charge is 0.258 e. The van der Waals surface area contributed by atoms with Gasteiger partial charge in [-0.2, -0.15) is 5.26 Å². The molecule has 6 heteroatoms. The highest BCUT2D eigenvalue weighted by atomic mass is 16.1. The van der Waals surface area contributed by atoms with E-state index in [0.717, 1.165) is 27.9 Å². The summed E-state index contributed by atoms with van der Waals surface area (Å²) in [5.41, 5.74) is 3.78. The number of fused-ring (bicyclic) bond motifs is 1. The Kier molecular flexibility index (Phi) is 5.95. The summed E-state index contributed by atoms with van der Waals surface area (Å²) in [6.07, 6.45) is 1.76. The Balaban J connectivity index is 1.59. The van der Waals surface area contributed by atoms with E-state index in [4.69, 9.17) is 0 Å². The van der Waals surface area contributed by atoms with E-state index in [9.17, 15) is 14.9 Å². The maximum Gasteiger partial charge on any atom is 0.258 e. The van der Waals surface area contributed by atoms with Crippen LogP contribution in [0.5, 0.6) is 0 Å². The molecule has 0 fully saturated rings. The minimum absolute atomic E-state index is 0.0549. The number of nitrogens with one attached hydrogen (secondary N) is 2. The Hall–Kier alpha value is -4.37. The van der Waals surface area contributed by atoms with Crippen molar-refractivity contribution in [2.24, 2.45) is 7.05 Å². The van der Waals surface area contributed by atoms with E-state index in [1.54, 1.807) is 36.0 Å². The van der Waals surface area contributed by atoms with Crippen LogP contribution in [0.15, 0.2) is 77.7 Å². The number of benzene rings is 3. The molecule has 6 nitrogen and oxygen atoms in total. The number of rotatable bonds is 5. The minimum atomic E-state index is -0.682. The number of hydrogen-bond acceptors (Lipinski definition) is 4. The first-order valence-electron chi connectivity index (χ1n) is 11.0. The van der Waals surface area contributed by atoms with Gasteiger partial charge in [0.2, 0.25) is 0 Å². The van der Waals surface area contributed by atoms with Gasteiger partial charge in [-0.3, -0.25) is 9.59 Å². The van der Waals surface area contributed by atoms with E-state index in [0.29, 0.717) is 16.6 Å². The summed E-state index contributed by atoms with van der Waals surface area (Å²) >= 11 is 0. The second-order valence-corrected chi connectivity index (χ2v) is 8.96. The zero-order valence-corrected chi connectivity index (χ0v) is 19.6. The van der Waals surface area contributed by atoms with Gasteiger partial charge in [0, 0.05) is 41.3 Å². The highest BCUT2D eigenvalue weighted by Crippen LogP contribution is 2.27. The number of carbonyl (C=O) groups excluding carboxylic acids is 1. The molecule has 0 aliphatic rings. The number of amides is 1. The van der Waals surface area contributed by atoms with E-state index in [-0.39, 0.29) is 11.5 Å². The second kappa shape index (κ2) is 8.87. The quantitative estimate of drug-likeness (QED) is 0.412. The van der Waals surface area contributed by atoms with Crippen LogP contribution in [0.3, 0.4) is 0 Å². The normalized spacial score (nSPS) is 11.1. The molecule has 0 saturated carbocycles. The monoisotopic (exact) mass is 450 g/mol. The van der Waals surface area contributed by atoms with Crippen molar-refractivity contribution in [2.75, 3.05) is 10.6 Å². The van der Waals surface area contributed by atoms with Crippen molar-refractivity contribution in [3.63, 3.8) is 0 Å². The minimum Gasteiger partial charge on any atom is -0.355 e. The Morgan fingerprint density at radius 3 is 2.53 bits per heavy atom. The van der Waals surface area contributed by atoms with Gasteiger partial charge in [-0.15, -0.1) is 0 Å².